The van der Waals surface area contributed by atoms with Crippen LogP contribution in [-0.4, -0.2) is 24.2 Å². The van der Waals surface area contributed by atoms with Crippen molar-refractivity contribution in [3.63, 3.8) is 0 Å². The number of carbonyl (C=O) groups excluding carboxylic acids is 1. The van der Waals surface area contributed by atoms with Crippen molar-refractivity contribution in [3.8, 4) is 5.75 Å². The van der Waals surface area contributed by atoms with E-state index in [2.05, 4.69) is 5.32 Å². The summed E-state index contributed by atoms with van der Waals surface area (Å²) in [5.74, 6) is 0.539. The molecule has 0 aliphatic heterocycles. The van der Waals surface area contributed by atoms with E-state index in [9.17, 15) is 9.90 Å². The number of hydrogen-bond donors (Lipinski definition) is 2. The molecule has 0 aliphatic carbocycles. The summed E-state index contributed by atoms with van der Waals surface area (Å²) in [5.41, 5.74) is 0.667. The number of halogens is 1. The van der Waals surface area contributed by atoms with Crippen molar-refractivity contribution in [2.45, 2.75) is 12.5 Å². The quantitative estimate of drug-likeness (QED) is 0.771. The van der Waals surface area contributed by atoms with Gasteiger partial charge >= 0.3 is 0 Å². The van der Waals surface area contributed by atoms with Gasteiger partial charge in [-0.25, -0.2) is 0 Å². The Morgan fingerprint density at radius 1 is 1.14 bits per heavy atom. The van der Waals surface area contributed by atoms with E-state index in [4.69, 9.17) is 16.3 Å². The number of para-hydroxylation sites is 1. The molecule has 0 radical (unpaired) electrons. The number of hydrogen-bond acceptors (Lipinski definition) is 3. The maximum Gasteiger partial charge on any atom is 0.223 e. The number of carbonyl (C=O) groups is 1. The zero-order valence-electron chi connectivity index (χ0n) is 12.0. The maximum atomic E-state index is 11.8. The molecule has 1 atom stereocenters. The van der Waals surface area contributed by atoms with Gasteiger partial charge in [0.25, 0.3) is 0 Å². The highest BCUT2D eigenvalue weighted by Gasteiger charge is 2.12. The van der Waals surface area contributed by atoms with Gasteiger partial charge in [-0.05, 0) is 29.8 Å². The van der Waals surface area contributed by atoms with Crippen molar-refractivity contribution < 1.29 is 14.6 Å². The second-order valence-electron chi connectivity index (χ2n) is 4.78. The molecule has 22 heavy (non-hydrogen) atoms. The minimum atomic E-state index is -0.840. The zero-order chi connectivity index (χ0) is 15.8. The van der Waals surface area contributed by atoms with Crippen LogP contribution in [0.4, 0.5) is 0 Å². The SMILES string of the molecule is O=C(CC(O)c1ccc(Cl)cc1)NCCOc1ccccc1. The Balaban J connectivity index is 1.68. The van der Waals surface area contributed by atoms with E-state index >= 15 is 0 Å². The number of benzene rings is 2. The van der Waals surface area contributed by atoms with Crippen LogP contribution in [0.25, 0.3) is 0 Å². The summed E-state index contributed by atoms with van der Waals surface area (Å²) in [7, 11) is 0. The van der Waals surface area contributed by atoms with Gasteiger partial charge in [-0.15, -0.1) is 0 Å². The van der Waals surface area contributed by atoms with Crippen LogP contribution in [0, 0.1) is 0 Å². The fourth-order valence-corrected chi connectivity index (χ4v) is 2.05. The molecule has 2 rings (SSSR count). The number of nitrogens with one attached hydrogen (secondary N) is 1. The van der Waals surface area contributed by atoms with E-state index in [0.717, 1.165) is 5.75 Å². The van der Waals surface area contributed by atoms with Gasteiger partial charge in [0.2, 0.25) is 5.91 Å². The summed E-state index contributed by atoms with van der Waals surface area (Å²) in [5, 5.41) is 13.3. The molecule has 0 fully saturated rings. The van der Waals surface area contributed by atoms with Gasteiger partial charge in [0.1, 0.15) is 12.4 Å². The van der Waals surface area contributed by atoms with Crippen LogP contribution in [0.1, 0.15) is 18.1 Å². The van der Waals surface area contributed by atoms with E-state index in [1.165, 1.54) is 0 Å². The number of aliphatic hydroxyl groups is 1. The van der Waals surface area contributed by atoms with E-state index in [1.54, 1.807) is 24.3 Å². The van der Waals surface area contributed by atoms with Crippen LogP contribution >= 0.6 is 11.6 Å². The van der Waals surface area contributed by atoms with Crippen molar-refractivity contribution in [2.75, 3.05) is 13.2 Å². The van der Waals surface area contributed by atoms with Crippen molar-refractivity contribution in [3.05, 3.63) is 65.2 Å². The van der Waals surface area contributed by atoms with Crippen LogP contribution < -0.4 is 10.1 Å². The smallest absolute Gasteiger partial charge is 0.223 e. The Morgan fingerprint density at radius 3 is 2.50 bits per heavy atom. The van der Waals surface area contributed by atoms with E-state index in [-0.39, 0.29) is 12.3 Å². The third kappa shape index (κ3) is 5.39. The minimum Gasteiger partial charge on any atom is -0.492 e. The minimum absolute atomic E-state index is 0.00691. The highest BCUT2D eigenvalue weighted by Crippen LogP contribution is 2.18. The summed E-state index contributed by atoms with van der Waals surface area (Å²) in [6.45, 7) is 0.772. The summed E-state index contributed by atoms with van der Waals surface area (Å²) < 4.78 is 5.47. The highest BCUT2D eigenvalue weighted by molar-refractivity contribution is 6.30. The van der Waals surface area contributed by atoms with Gasteiger partial charge < -0.3 is 15.2 Å². The Bertz CT molecular complexity index is 587. The van der Waals surface area contributed by atoms with Crippen molar-refractivity contribution >= 4 is 17.5 Å². The number of rotatable bonds is 7. The summed E-state index contributed by atoms with van der Waals surface area (Å²) in [6, 6.07) is 16.2. The molecule has 0 heterocycles. The van der Waals surface area contributed by atoms with E-state index in [0.29, 0.717) is 23.7 Å². The molecule has 2 aromatic rings. The van der Waals surface area contributed by atoms with Crippen LogP contribution in [0.2, 0.25) is 5.02 Å². The van der Waals surface area contributed by atoms with Crippen LogP contribution in [0.5, 0.6) is 5.75 Å². The monoisotopic (exact) mass is 319 g/mol. The number of amides is 1. The number of aliphatic hydroxyl groups excluding tert-OH is 1. The second-order valence-corrected chi connectivity index (χ2v) is 5.22. The van der Waals surface area contributed by atoms with Crippen LogP contribution in [0.3, 0.4) is 0 Å². The van der Waals surface area contributed by atoms with Crippen LogP contribution in [-0.2, 0) is 4.79 Å². The largest absolute Gasteiger partial charge is 0.492 e. The van der Waals surface area contributed by atoms with Crippen molar-refractivity contribution in [2.24, 2.45) is 0 Å². The second kappa shape index (κ2) is 8.41. The maximum absolute atomic E-state index is 11.8. The first-order valence-corrected chi connectivity index (χ1v) is 7.41. The standard InChI is InChI=1S/C17H18ClNO3/c18-14-8-6-13(7-9-14)16(20)12-17(21)19-10-11-22-15-4-2-1-3-5-15/h1-9,16,20H,10-12H2,(H,19,21). The van der Waals surface area contributed by atoms with Crippen molar-refractivity contribution in [1.82, 2.24) is 5.32 Å². The Morgan fingerprint density at radius 2 is 1.82 bits per heavy atom. The average Bonchev–Trinajstić information content (AvgIpc) is 2.53. The summed E-state index contributed by atoms with van der Waals surface area (Å²) in [6.07, 6.45) is -0.834. The lowest BCUT2D eigenvalue weighted by Gasteiger charge is -2.12. The average molecular weight is 320 g/mol. The molecule has 2 aromatic carbocycles. The molecule has 1 unspecified atom stereocenters. The summed E-state index contributed by atoms with van der Waals surface area (Å²) in [4.78, 5) is 11.8. The first kappa shape index (κ1) is 16.3. The topological polar surface area (TPSA) is 58.6 Å². The first-order valence-electron chi connectivity index (χ1n) is 7.03. The fraction of sp³-hybridized carbons (Fsp3) is 0.235. The molecule has 0 saturated carbocycles. The fourth-order valence-electron chi connectivity index (χ4n) is 1.93. The normalized spacial score (nSPS) is 11.7. The Labute approximate surface area is 134 Å². The van der Waals surface area contributed by atoms with Crippen molar-refractivity contribution in [1.29, 1.82) is 0 Å². The van der Waals surface area contributed by atoms with Gasteiger partial charge in [0.05, 0.1) is 19.1 Å². The van der Waals surface area contributed by atoms with Gasteiger partial charge in [-0.2, -0.15) is 0 Å². The Kier molecular flexibility index (Phi) is 6.25. The predicted octanol–water partition coefficient (Wildman–Crippen LogP) is 2.96. The number of ether oxygens (including phenoxy) is 1. The highest BCUT2D eigenvalue weighted by atomic mass is 35.5. The van der Waals surface area contributed by atoms with Gasteiger partial charge in [0, 0.05) is 5.02 Å². The molecular weight excluding hydrogens is 302 g/mol. The lowest BCUT2D eigenvalue weighted by Crippen LogP contribution is -2.29. The van der Waals surface area contributed by atoms with Crippen LogP contribution in [0.15, 0.2) is 54.6 Å². The molecular formula is C17H18ClNO3. The molecule has 116 valence electrons. The molecule has 4 nitrogen and oxygen atoms in total. The zero-order valence-corrected chi connectivity index (χ0v) is 12.8. The van der Waals surface area contributed by atoms with E-state index < -0.39 is 6.10 Å². The predicted molar refractivity (Wildman–Crippen MR) is 86.0 cm³/mol. The van der Waals surface area contributed by atoms with Gasteiger partial charge in [-0.3, -0.25) is 4.79 Å². The lowest BCUT2D eigenvalue weighted by molar-refractivity contribution is -0.123. The van der Waals surface area contributed by atoms with E-state index in [1.807, 2.05) is 30.3 Å². The molecule has 1 amide bonds. The first-order chi connectivity index (χ1) is 10.6. The molecule has 2 N–H and O–H groups in total. The summed E-state index contributed by atoms with van der Waals surface area (Å²) >= 11 is 5.78. The third-order valence-electron chi connectivity index (χ3n) is 3.07. The molecule has 0 bridgehead atoms. The lowest BCUT2D eigenvalue weighted by atomic mass is 10.1. The molecule has 0 spiro atoms. The molecule has 0 aliphatic rings. The van der Waals surface area contributed by atoms with Gasteiger partial charge in [0.15, 0.2) is 0 Å². The molecule has 5 heteroatoms. The molecule has 0 aromatic heterocycles. The van der Waals surface area contributed by atoms with Gasteiger partial charge in [-0.1, -0.05) is 41.9 Å². The Hall–Kier alpha value is -2.04. The molecule has 0 saturated heterocycles. The third-order valence-corrected chi connectivity index (χ3v) is 3.32.